The smallest absolute Gasteiger partial charge is 0.294 e. The molecule has 1 aliphatic heterocycles. The van der Waals surface area contributed by atoms with Crippen LogP contribution in [0, 0.1) is 0 Å². The fourth-order valence-corrected chi connectivity index (χ4v) is 2.90. The highest BCUT2D eigenvalue weighted by Gasteiger charge is 2.17. The Kier molecular flexibility index (Phi) is 6.08. The standard InChI is InChI=1S/C19H24N4O4/c1-3-26-16-12-21-23(2)19(25)17(16)22-14-7-4-6-13(10-14)18(24)20-11-15-8-5-9-27-15/h4,6-7,10,12,15,22H,3,5,8-9,11H2,1-2H3,(H,20,24)/t15-/m0/s1. The van der Waals surface area contributed by atoms with Crippen molar-refractivity contribution in [3.63, 3.8) is 0 Å². The van der Waals surface area contributed by atoms with Crippen LogP contribution < -0.4 is 20.9 Å². The summed E-state index contributed by atoms with van der Waals surface area (Å²) in [5.74, 6) is 0.190. The van der Waals surface area contributed by atoms with Crippen LogP contribution in [0.3, 0.4) is 0 Å². The van der Waals surface area contributed by atoms with E-state index >= 15 is 0 Å². The molecule has 27 heavy (non-hydrogen) atoms. The lowest BCUT2D eigenvalue weighted by Gasteiger charge is -2.14. The van der Waals surface area contributed by atoms with Gasteiger partial charge in [0.1, 0.15) is 0 Å². The van der Waals surface area contributed by atoms with Crippen LogP contribution in [-0.4, -0.2) is 41.6 Å². The molecular formula is C19H24N4O4. The van der Waals surface area contributed by atoms with Crippen molar-refractivity contribution in [3.8, 4) is 5.75 Å². The molecule has 0 saturated carbocycles. The SMILES string of the molecule is CCOc1cnn(C)c(=O)c1Nc1cccc(C(=O)NC[C@@H]2CCCO2)c1. The van der Waals surface area contributed by atoms with Gasteiger partial charge >= 0.3 is 0 Å². The molecule has 1 fully saturated rings. The third-order valence-electron chi connectivity index (χ3n) is 4.31. The number of carbonyl (C=O) groups excluding carboxylic acids is 1. The molecule has 3 rings (SSSR count). The normalized spacial score (nSPS) is 16.1. The van der Waals surface area contributed by atoms with Gasteiger partial charge in [0.25, 0.3) is 11.5 Å². The summed E-state index contributed by atoms with van der Waals surface area (Å²) in [7, 11) is 1.57. The van der Waals surface area contributed by atoms with Crippen LogP contribution in [0.4, 0.5) is 11.4 Å². The van der Waals surface area contributed by atoms with E-state index in [0.717, 1.165) is 19.4 Å². The monoisotopic (exact) mass is 372 g/mol. The first-order valence-corrected chi connectivity index (χ1v) is 9.04. The van der Waals surface area contributed by atoms with Gasteiger partial charge in [0.2, 0.25) is 0 Å². The van der Waals surface area contributed by atoms with Crippen LogP contribution in [0.25, 0.3) is 0 Å². The number of benzene rings is 1. The van der Waals surface area contributed by atoms with Gasteiger partial charge in [-0.05, 0) is 38.0 Å². The predicted octanol–water partition coefficient (Wildman–Crippen LogP) is 1.83. The van der Waals surface area contributed by atoms with Gasteiger partial charge in [0.15, 0.2) is 11.4 Å². The molecule has 2 heterocycles. The van der Waals surface area contributed by atoms with Gasteiger partial charge in [-0.25, -0.2) is 4.68 Å². The second kappa shape index (κ2) is 8.68. The van der Waals surface area contributed by atoms with E-state index in [2.05, 4.69) is 15.7 Å². The number of amides is 1. The van der Waals surface area contributed by atoms with Crippen LogP contribution >= 0.6 is 0 Å². The zero-order valence-electron chi connectivity index (χ0n) is 15.5. The van der Waals surface area contributed by atoms with Crippen molar-refractivity contribution in [3.05, 3.63) is 46.4 Å². The van der Waals surface area contributed by atoms with E-state index in [0.29, 0.717) is 30.2 Å². The van der Waals surface area contributed by atoms with Crippen LogP contribution in [0.2, 0.25) is 0 Å². The average Bonchev–Trinajstić information content (AvgIpc) is 3.19. The molecule has 0 spiro atoms. The summed E-state index contributed by atoms with van der Waals surface area (Å²) in [6.45, 7) is 3.49. The highest BCUT2D eigenvalue weighted by atomic mass is 16.5. The lowest BCUT2D eigenvalue weighted by atomic mass is 10.1. The maximum atomic E-state index is 12.4. The van der Waals surface area contributed by atoms with Crippen LogP contribution in [0.5, 0.6) is 5.75 Å². The second-order valence-corrected chi connectivity index (χ2v) is 6.30. The number of ether oxygens (including phenoxy) is 2. The molecule has 0 aliphatic carbocycles. The molecule has 1 aromatic heterocycles. The zero-order chi connectivity index (χ0) is 19.2. The third kappa shape index (κ3) is 4.65. The Morgan fingerprint density at radius 2 is 2.30 bits per heavy atom. The molecule has 1 saturated heterocycles. The lowest BCUT2D eigenvalue weighted by Crippen LogP contribution is -2.31. The predicted molar refractivity (Wildman–Crippen MR) is 102 cm³/mol. The average molecular weight is 372 g/mol. The zero-order valence-corrected chi connectivity index (χ0v) is 15.5. The highest BCUT2D eigenvalue weighted by molar-refractivity contribution is 5.95. The minimum Gasteiger partial charge on any atom is -0.490 e. The molecule has 0 radical (unpaired) electrons. The molecule has 0 unspecified atom stereocenters. The topological polar surface area (TPSA) is 94.5 Å². The fraction of sp³-hybridized carbons (Fsp3) is 0.421. The summed E-state index contributed by atoms with van der Waals surface area (Å²) in [6.07, 6.45) is 3.57. The molecule has 1 amide bonds. The number of aromatic nitrogens is 2. The number of hydrogen-bond acceptors (Lipinski definition) is 6. The van der Waals surface area contributed by atoms with Crippen molar-refractivity contribution in [1.29, 1.82) is 0 Å². The molecule has 2 N–H and O–H groups in total. The number of aryl methyl sites for hydroxylation is 1. The third-order valence-corrected chi connectivity index (χ3v) is 4.31. The molecule has 1 atom stereocenters. The van der Waals surface area contributed by atoms with Crippen LogP contribution in [0.15, 0.2) is 35.3 Å². The van der Waals surface area contributed by atoms with Crippen LogP contribution in [0.1, 0.15) is 30.1 Å². The minimum atomic E-state index is -0.311. The Balaban J connectivity index is 1.75. The van der Waals surface area contributed by atoms with E-state index in [4.69, 9.17) is 9.47 Å². The Bertz CT molecular complexity index is 859. The molecule has 1 aliphatic rings. The highest BCUT2D eigenvalue weighted by Crippen LogP contribution is 2.23. The van der Waals surface area contributed by atoms with E-state index in [-0.39, 0.29) is 23.3 Å². The number of nitrogens with one attached hydrogen (secondary N) is 2. The first-order chi connectivity index (χ1) is 13.1. The van der Waals surface area contributed by atoms with Gasteiger partial charge in [-0.3, -0.25) is 9.59 Å². The minimum absolute atomic E-state index is 0.0869. The first kappa shape index (κ1) is 18.9. The Morgan fingerprint density at radius 3 is 3.04 bits per heavy atom. The van der Waals surface area contributed by atoms with Crippen molar-refractivity contribution < 1.29 is 14.3 Å². The Hall–Kier alpha value is -2.87. The van der Waals surface area contributed by atoms with E-state index in [1.54, 1.807) is 31.3 Å². The summed E-state index contributed by atoms with van der Waals surface area (Å²) < 4.78 is 12.2. The van der Waals surface area contributed by atoms with E-state index in [1.807, 2.05) is 6.92 Å². The quantitative estimate of drug-likeness (QED) is 0.770. The van der Waals surface area contributed by atoms with Gasteiger partial charge in [-0.2, -0.15) is 5.10 Å². The van der Waals surface area contributed by atoms with Crippen LogP contribution in [-0.2, 0) is 11.8 Å². The number of hydrogen-bond donors (Lipinski definition) is 2. The van der Waals surface area contributed by atoms with Crippen molar-refractivity contribution >= 4 is 17.3 Å². The summed E-state index contributed by atoms with van der Waals surface area (Å²) in [5.41, 5.74) is 1.09. The van der Waals surface area contributed by atoms with E-state index in [9.17, 15) is 9.59 Å². The van der Waals surface area contributed by atoms with Crippen molar-refractivity contribution in [2.75, 3.05) is 25.1 Å². The van der Waals surface area contributed by atoms with E-state index in [1.165, 1.54) is 10.9 Å². The van der Waals surface area contributed by atoms with E-state index < -0.39 is 0 Å². The molecular weight excluding hydrogens is 348 g/mol. The summed E-state index contributed by atoms with van der Waals surface area (Å²) in [4.78, 5) is 24.8. The maximum absolute atomic E-state index is 12.4. The number of anilines is 2. The van der Waals surface area contributed by atoms with Crippen molar-refractivity contribution in [1.82, 2.24) is 15.1 Å². The van der Waals surface area contributed by atoms with Gasteiger partial charge in [0.05, 0.1) is 18.9 Å². The number of rotatable bonds is 7. The molecule has 8 heteroatoms. The summed E-state index contributed by atoms with van der Waals surface area (Å²) in [6, 6.07) is 6.96. The van der Waals surface area contributed by atoms with Crippen molar-refractivity contribution in [2.24, 2.45) is 7.05 Å². The van der Waals surface area contributed by atoms with Crippen molar-refractivity contribution in [2.45, 2.75) is 25.9 Å². The maximum Gasteiger partial charge on any atom is 0.294 e. The largest absolute Gasteiger partial charge is 0.490 e. The molecule has 0 bridgehead atoms. The molecule has 1 aromatic carbocycles. The Labute approximate surface area is 157 Å². The first-order valence-electron chi connectivity index (χ1n) is 9.04. The molecule has 8 nitrogen and oxygen atoms in total. The number of nitrogens with zero attached hydrogens (tertiary/aromatic N) is 2. The Morgan fingerprint density at radius 1 is 1.44 bits per heavy atom. The second-order valence-electron chi connectivity index (χ2n) is 6.30. The van der Waals surface area contributed by atoms with Gasteiger partial charge < -0.3 is 20.1 Å². The van der Waals surface area contributed by atoms with Gasteiger partial charge in [0, 0.05) is 31.5 Å². The van der Waals surface area contributed by atoms with Gasteiger partial charge in [-0.1, -0.05) is 6.07 Å². The molecule has 2 aromatic rings. The summed E-state index contributed by atoms with van der Waals surface area (Å²) >= 11 is 0. The fourth-order valence-electron chi connectivity index (χ4n) is 2.90. The van der Waals surface area contributed by atoms with Gasteiger partial charge in [-0.15, -0.1) is 0 Å². The number of carbonyl (C=O) groups is 1. The lowest BCUT2D eigenvalue weighted by molar-refractivity contribution is 0.0858. The molecule has 144 valence electrons. The summed E-state index contributed by atoms with van der Waals surface area (Å²) in [5, 5.41) is 9.92.